The van der Waals surface area contributed by atoms with Gasteiger partial charge in [-0.1, -0.05) is 23.7 Å². The molecule has 0 heterocycles. The molecule has 2 rings (SSSR count). The summed E-state index contributed by atoms with van der Waals surface area (Å²) in [6, 6.07) is 9.80. The normalized spacial score (nSPS) is 10.6. The highest BCUT2D eigenvalue weighted by Crippen LogP contribution is 2.21. The minimum Gasteiger partial charge on any atom is -0.507 e. The maximum absolute atomic E-state index is 11.8. The summed E-state index contributed by atoms with van der Waals surface area (Å²) >= 11 is 5.74. The average molecular weight is 320 g/mol. The molecule has 1 amide bonds. The first-order valence-electron chi connectivity index (χ1n) is 6.04. The molecule has 0 atom stereocenters. The Morgan fingerprint density at radius 3 is 2.82 bits per heavy atom. The van der Waals surface area contributed by atoms with Gasteiger partial charge >= 0.3 is 0 Å². The number of amides is 1. The molecule has 8 heteroatoms. The molecule has 0 fully saturated rings. The lowest BCUT2D eigenvalue weighted by atomic mass is 10.2. The molecule has 0 saturated carbocycles. The van der Waals surface area contributed by atoms with E-state index in [1.165, 1.54) is 42.6 Å². The highest BCUT2D eigenvalue weighted by molar-refractivity contribution is 6.31. The number of phenols is 1. The lowest BCUT2D eigenvalue weighted by Gasteiger charge is -2.03. The number of carbonyl (C=O) groups excluding carboxylic acids is 1. The number of hydrogen-bond donors (Lipinski definition) is 2. The number of carbonyl (C=O) groups is 1. The van der Waals surface area contributed by atoms with Crippen LogP contribution in [-0.2, 0) is 0 Å². The summed E-state index contributed by atoms with van der Waals surface area (Å²) in [6.07, 6.45) is 1.26. The van der Waals surface area contributed by atoms with Crippen LogP contribution in [0.1, 0.15) is 15.9 Å². The molecule has 2 aromatic carbocycles. The fraction of sp³-hybridized carbons (Fsp3) is 0. The third-order valence-corrected chi connectivity index (χ3v) is 2.90. The van der Waals surface area contributed by atoms with Crippen LogP contribution in [0.2, 0.25) is 5.02 Å². The van der Waals surface area contributed by atoms with Gasteiger partial charge in [0.15, 0.2) is 0 Å². The van der Waals surface area contributed by atoms with Crippen LogP contribution in [-0.4, -0.2) is 22.2 Å². The molecule has 0 aliphatic carbocycles. The molecular weight excluding hydrogens is 310 g/mol. The van der Waals surface area contributed by atoms with Crippen molar-refractivity contribution in [3.8, 4) is 5.75 Å². The van der Waals surface area contributed by atoms with Crippen LogP contribution in [0.5, 0.6) is 5.75 Å². The Balaban J connectivity index is 2.09. The number of non-ortho nitro benzene ring substituents is 1. The van der Waals surface area contributed by atoms with E-state index in [1.807, 2.05) is 0 Å². The Morgan fingerprint density at radius 1 is 1.32 bits per heavy atom. The molecule has 112 valence electrons. The quantitative estimate of drug-likeness (QED) is 0.513. The fourth-order valence-electron chi connectivity index (χ4n) is 1.63. The second-order valence-corrected chi connectivity index (χ2v) is 4.65. The number of rotatable bonds is 4. The van der Waals surface area contributed by atoms with Gasteiger partial charge in [0.1, 0.15) is 5.75 Å². The molecule has 0 radical (unpaired) electrons. The van der Waals surface area contributed by atoms with Crippen molar-refractivity contribution >= 4 is 29.4 Å². The van der Waals surface area contributed by atoms with E-state index in [4.69, 9.17) is 11.6 Å². The summed E-state index contributed by atoms with van der Waals surface area (Å²) in [5.74, 6) is -0.880. The van der Waals surface area contributed by atoms with Gasteiger partial charge < -0.3 is 5.11 Å². The van der Waals surface area contributed by atoms with Crippen LogP contribution in [0, 0.1) is 10.1 Å². The van der Waals surface area contributed by atoms with Gasteiger partial charge in [0.25, 0.3) is 11.6 Å². The molecule has 0 aliphatic heterocycles. The number of nitro benzene ring substituents is 1. The van der Waals surface area contributed by atoms with Crippen molar-refractivity contribution in [2.45, 2.75) is 0 Å². The second kappa shape index (κ2) is 6.68. The van der Waals surface area contributed by atoms with E-state index in [2.05, 4.69) is 10.5 Å². The molecule has 0 bridgehead atoms. The number of aromatic hydroxyl groups is 1. The van der Waals surface area contributed by atoms with Gasteiger partial charge in [-0.2, -0.15) is 5.10 Å². The number of nitrogens with one attached hydrogen (secondary N) is 1. The van der Waals surface area contributed by atoms with E-state index < -0.39 is 10.8 Å². The number of phenolic OH excluding ortho intramolecular Hbond substituents is 1. The van der Waals surface area contributed by atoms with Gasteiger partial charge in [-0.15, -0.1) is 0 Å². The van der Waals surface area contributed by atoms with E-state index in [-0.39, 0.29) is 17.0 Å². The summed E-state index contributed by atoms with van der Waals surface area (Å²) in [4.78, 5) is 21.9. The maximum Gasteiger partial charge on any atom is 0.275 e. The third kappa shape index (κ3) is 3.80. The molecule has 0 aromatic heterocycles. The Bertz CT molecular complexity index is 762. The van der Waals surface area contributed by atoms with E-state index in [9.17, 15) is 20.0 Å². The van der Waals surface area contributed by atoms with Crippen molar-refractivity contribution in [3.05, 3.63) is 68.7 Å². The van der Waals surface area contributed by atoms with Gasteiger partial charge in [-0.05, 0) is 18.2 Å². The first kappa shape index (κ1) is 15.5. The molecule has 2 N–H and O–H groups in total. The zero-order valence-corrected chi connectivity index (χ0v) is 11.8. The van der Waals surface area contributed by atoms with E-state index in [0.717, 1.165) is 0 Å². The predicted octanol–water partition coefficient (Wildman–Crippen LogP) is 2.72. The second-order valence-electron chi connectivity index (χ2n) is 4.21. The van der Waals surface area contributed by atoms with Crippen LogP contribution < -0.4 is 5.43 Å². The van der Waals surface area contributed by atoms with Crippen LogP contribution in [0.4, 0.5) is 5.69 Å². The number of benzene rings is 2. The Morgan fingerprint density at radius 2 is 2.09 bits per heavy atom. The highest BCUT2D eigenvalue weighted by Gasteiger charge is 2.10. The van der Waals surface area contributed by atoms with Crippen molar-refractivity contribution in [1.29, 1.82) is 0 Å². The van der Waals surface area contributed by atoms with Crippen molar-refractivity contribution < 1.29 is 14.8 Å². The van der Waals surface area contributed by atoms with E-state index >= 15 is 0 Å². The van der Waals surface area contributed by atoms with Crippen molar-refractivity contribution in [1.82, 2.24) is 5.43 Å². The first-order chi connectivity index (χ1) is 10.5. The molecule has 22 heavy (non-hydrogen) atoms. The lowest BCUT2D eigenvalue weighted by Crippen LogP contribution is -2.17. The number of hydrazone groups is 1. The van der Waals surface area contributed by atoms with Crippen molar-refractivity contribution in [2.24, 2.45) is 5.10 Å². The third-order valence-electron chi connectivity index (χ3n) is 2.66. The Labute approximate surface area is 130 Å². The topological polar surface area (TPSA) is 105 Å². The molecule has 0 aliphatic rings. The Hall–Kier alpha value is -2.93. The molecular formula is C14H10ClN3O4. The zero-order valence-electron chi connectivity index (χ0n) is 11.1. The molecule has 0 spiro atoms. The number of halogens is 1. The van der Waals surface area contributed by atoms with E-state index in [1.54, 1.807) is 6.07 Å². The molecule has 0 saturated heterocycles. The molecule has 0 unspecified atom stereocenters. The summed E-state index contributed by atoms with van der Waals surface area (Å²) in [5, 5.41) is 24.2. The maximum atomic E-state index is 11.8. The van der Waals surface area contributed by atoms with Gasteiger partial charge in [-0.3, -0.25) is 14.9 Å². The average Bonchev–Trinajstić information content (AvgIpc) is 2.50. The number of hydrogen-bond acceptors (Lipinski definition) is 5. The first-order valence-corrected chi connectivity index (χ1v) is 6.41. The monoisotopic (exact) mass is 319 g/mol. The summed E-state index contributed by atoms with van der Waals surface area (Å²) in [6.45, 7) is 0. The smallest absolute Gasteiger partial charge is 0.275 e. The van der Waals surface area contributed by atoms with Gasteiger partial charge in [0, 0.05) is 22.7 Å². The summed E-state index contributed by atoms with van der Waals surface area (Å²) in [7, 11) is 0. The van der Waals surface area contributed by atoms with Crippen LogP contribution in [0.3, 0.4) is 0 Å². The SMILES string of the molecule is O=C(N/N=C/c1cccc([N+](=O)[O-])c1)c1cc(Cl)ccc1O. The summed E-state index contributed by atoms with van der Waals surface area (Å²) in [5.41, 5.74) is 2.55. The minimum atomic E-state index is -0.651. The number of nitro groups is 1. The minimum absolute atomic E-state index is 0.0244. The zero-order chi connectivity index (χ0) is 16.1. The van der Waals surface area contributed by atoms with Crippen LogP contribution >= 0.6 is 11.6 Å². The summed E-state index contributed by atoms with van der Waals surface area (Å²) < 4.78 is 0. The van der Waals surface area contributed by atoms with Gasteiger partial charge in [-0.25, -0.2) is 5.43 Å². The van der Waals surface area contributed by atoms with Gasteiger partial charge in [0.05, 0.1) is 16.7 Å². The van der Waals surface area contributed by atoms with Gasteiger partial charge in [0.2, 0.25) is 0 Å². The molecule has 7 nitrogen and oxygen atoms in total. The lowest BCUT2D eigenvalue weighted by molar-refractivity contribution is -0.384. The van der Waals surface area contributed by atoms with Crippen LogP contribution in [0.15, 0.2) is 47.6 Å². The van der Waals surface area contributed by atoms with Crippen molar-refractivity contribution in [2.75, 3.05) is 0 Å². The largest absolute Gasteiger partial charge is 0.507 e. The van der Waals surface area contributed by atoms with Crippen LogP contribution in [0.25, 0.3) is 0 Å². The number of nitrogens with zero attached hydrogens (tertiary/aromatic N) is 2. The Kier molecular flexibility index (Phi) is 4.70. The predicted molar refractivity (Wildman–Crippen MR) is 81.3 cm³/mol. The van der Waals surface area contributed by atoms with E-state index in [0.29, 0.717) is 10.6 Å². The standard InChI is InChI=1S/C14H10ClN3O4/c15-10-4-5-13(19)12(7-10)14(20)17-16-8-9-2-1-3-11(6-9)18(21)22/h1-8,19H,(H,17,20)/b16-8+. The highest BCUT2D eigenvalue weighted by atomic mass is 35.5. The fourth-order valence-corrected chi connectivity index (χ4v) is 1.81. The van der Waals surface area contributed by atoms with Crippen molar-refractivity contribution in [3.63, 3.8) is 0 Å². The molecule has 2 aromatic rings.